The van der Waals surface area contributed by atoms with Gasteiger partial charge >= 0.3 is 0 Å². The van der Waals surface area contributed by atoms with Crippen molar-refractivity contribution in [2.45, 2.75) is 26.4 Å². The van der Waals surface area contributed by atoms with Gasteiger partial charge in [0.2, 0.25) is 11.7 Å². The van der Waals surface area contributed by atoms with Gasteiger partial charge in [0, 0.05) is 6.07 Å². The fraction of sp³-hybridized carbons (Fsp3) is 0.467. The molecule has 0 fully saturated rings. The Bertz CT molecular complexity index is 595. The van der Waals surface area contributed by atoms with Crippen LogP contribution in [-0.4, -0.2) is 35.6 Å². The average Bonchev–Trinajstić information content (AvgIpc) is 2.94. The quantitative estimate of drug-likeness (QED) is 0.880. The molecule has 1 aromatic carbocycles. The Balaban J connectivity index is 2.25. The predicted molar refractivity (Wildman–Crippen MR) is 77.4 cm³/mol. The highest BCUT2D eigenvalue weighted by molar-refractivity contribution is 5.65. The fourth-order valence-corrected chi connectivity index (χ4v) is 1.85. The molecule has 0 aliphatic rings. The Hall–Kier alpha value is -2.08. The van der Waals surface area contributed by atoms with Gasteiger partial charge in [0.05, 0.1) is 32.3 Å². The normalized spacial score (nSPS) is 12.5. The van der Waals surface area contributed by atoms with Crippen molar-refractivity contribution in [2.75, 3.05) is 14.2 Å². The SMILES string of the molecule is COc1ccc(-c2noc(C[C@H](O)C(C)C)n2)c(OC)c1. The lowest BCUT2D eigenvalue weighted by molar-refractivity contribution is 0.116. The van der Waals surface area contributed by atoms with Crippen molar-refractivity contribution in [2.24, 2.45) is 5.92 Å². The topological polar surface area (TPSA) is 77.6 Å². The third-order valence-corrected chi connectivity index (χ3v) is 3.27. The van der Waals surface area contributed by atoms with Gasteiger partial charge in [0.1, 0.15) is 11.5 Å². The summed E-state index contributed by atoms with van der Waals surface area (Å²) in [4.78, 5) is 4.31. The Morgan fingerprint density at radius 2 is 2.00 bits per heavy atom. The molecule has 6 nitrogen and oxygen atoms in total. The molecule has 0 unspecified atom stereocenters. The van der Waals surface area contributed by atoms with Crippen molar-refractivity contribution in [1.82, 2.24) is 10.1 Å². The summed E-state index contributed by atoms with van der Waals surface area (Å²) < 4.78 is 15.7. The minimum Gasteiger partial charge on any atom is -0.497 e. The fourth-order valence-electron chi connectivity index (χ4n) is 1.85. The minimum absolute atomic E-state index is 0.135. The van der Waals surface area contributed by atoms with E-state index in [1.54, 1.807) is 26.4 Å². The molecule has 1 N–H and O–H groups in total. The van der Waals surface area contributed by atoms with Crippen LogP contribution in [0, 0.1) is 5.92 Å². The zero-order valence-electron chi connectivity index (χ0n) is 12.7. The summed E-state index contributed by atoms with van der Waals surface area (Å²) in [7, 11) is 3.16. The van der Waals surface area contributed by atoms with E-state index in [4.69, 9.17) is 14.0 Å². The predicted octanol–water partition coefficient (Wildman–Crippen LogP) is 2.31. The number of hydrogen-bond acceptors (Lipinski definition) is 6. The summed E-state index contributed by atoms with van der Waals surface area (Å²) in [5, 5.41) is 13.8. The van der Waals surface area contributed by atoms with Crippen LogP contribution < -0.4 is 9.47 Å². The Labute approximate surface area is 123 Å². The second kappa shape index (κ2) is 6.58. The van der Waals surface area contributed by atoms with Gasteiger partial charge in [-0.25, -0.2) is 0 Å². The maximum absolute atomic E-state index is 9.86. The number of benzene rings is 1. The van der Waals surface area contributed by atoms with Gasteiger partial charge in [-0.05, 0) is 18.1 Å². The van der Waals surface area contributed by atoms with E-state index in [1.807, 2.05) is 19.9 Å². The third-order valence-electron chi connectivity index (χ3n) is 3.27. The Morgan fingerprint density at radius 1 is 1.24 bits per heavy atom. The first kappa shape index (κ1) is 15.3. The molecule has 0 saturated heterocycles. The highest BCUT2D eigenvalue weighted by atomic mass is 16.5. The number of ether oxygens (including phenoxy) is 2. The summed E-state index contributed by atoms with van der Waals surface area (Å²) >= 11 is 0. The number of nitrogens with zero attached hydrogens (tertiary/aromatic N) is 2. The zero-order valence-corrected chi connectivity index (χ0v) is 12.7. The highest BCUT2D eigenvalue weighted by Crippen LogP contribution is 2.31. The second-order valence-corrected chi connectivity index (χ2v) is 5.09. The third kappa shape index (κ3) is 3.52. The zero-order chi connectivity index (χ0) is 15.4. The summed E-state index contributed by atoms with van der Waals surface area (Å²) in [5.41, 5.74) is 0.715. The van der Waals surface area contributed by atoms with Crippen LogP contribution in [0.3, 0.4) is 0 Å². The number of rotatable bonds is 6. The molecular formula is C15H20N2O4. The molecule has 2 rings (SSSR count). The molecule has 2 aromatic rings. The molecule has 0 aliphatic carbocycles. The van der Waals surface area contributed by atoms with Crippen LogP contribution in [0.15, 0.2) is 22.7 Å². The van der Waals surface area contributed by atoms with E-state index in [9.17, 15) is 5.11 Å². The Kier molecular flexibility index (Phi) is 4.80. The number of aliphatic hydroxyl groups excluding tert-OH is 1. The van der Waals surface area contributed by atoms with Crippen molar-refractivity contribution in [3.63, 3.8) is 0 Å². The van der Waals surface area contributed by atoms with E-state index < -0.39 is 6.10 Å². The van der Waals surface area contributed by atoms with Crippen LogP contribution >= 0.6 is 0 Å². The minimum atomic E-state index is -0.504. The van der Waals surface area contributed by atoms with Gasteiger partial charge in [-0.15, -0.1) is 0 Å². The molecule has 114 valence electrons. The molecule has 0 saturated carbocycles. The van der Waals surface area contributed by atoms with E-state index in [0.717, 1.165) is 0 Å². The molecular weight excluding hydrogens is 272 g/mol. The maximum atomic E-state index is 9.86. The van der Waals surface area contributed by atoms with Crippen molar-refractivity contribution in [3.8, 4) is 22.9 Å². The van der Waals surface area contributed by atoms with Gasteiger partial charge < -0.3 is 19.1 Å². The molecule has 0 aliphatic heterocycles. The van der Waals surface area contributed by atoms with Crippen LogP contribution in [0.5, 0.6) is 11.5 Å². The standard InChI is InChI=1S/C15H20N2O4/c1-9(2)12(18)8-14-16-15(17-21-14)11-6-5-10(19-3)7-13(11)20-4/h5-7,9,12,18H,8H2,1-4H3/t12-/m0/s1. The van der Waals surface area contributed by atoms with Crippen LogP contribution in [0.2, 0.25) is 0 Å². The van der Waals surface area contributed by atoms with E-state index in [2.05, 4.69) is 10.1 Å². The lowest BCUT2D eigenvalue weighted by Gasteiger charge is -2.10. The van der Waals surface area contributed by atoms with Crippen LogP contribution in [-0.2, 0) is 6.42 Å². The molecule has 0 bridgehead atoms. The number of hydrogen-bond donors (Lipinski definition) is 1. The lowest BCUT2D eigenvalue weighted by atomic mass is 10.0. The smallest absolute Gasteiger partial charge is 0.229 e. The number of methoxy groups -OCH3 is 2. The van der Waals surface area contributed by atoms with Gasteiger partial charge in [-0.3, -0.25) is 0 Å². The van der Waals surface area contributed by atoms with Crippen molar-refractivity contribution in [3.05, 3.63) is 24.1 Å². The molecule has 0 spiro atoms. The first-order valence-electron chi connectivity index (χ1n) is 6.78. The molecule has 1 atom stereocenters. The lowest BCUT2D eigenvalue weighted by Crippen LogP contribution is -2.17. The van der Waals surface area contributed by atoms with Gasteiger partial charge in [-0.2, -0.15) is 4.98 Å². The molecule has 6 heteroatoms. The molecule has 0 amide bonds. The summed E-state index contributed by atoms with van der Waals surface area (Å²) in [5.74, 6) is 2.26. The average molecular weight is 292 g/mol. The Morgan fingerprint density at radius 3 is 2.62 bits per heavy atom. The van der Waals surface area contributed by atoms with E-state index in [-0.39, 0.29) is 5.92 Å². The van der Waals surface area contributed by atoms with Crippen molar-refractivity contribution < 1.29 is 19.1 Å². The van der Waals surface area contributed by atoms with Gasteiger partial charge in [0.25, 0.3) is 0 Å². The van der Waals surface area contributed by atoms with Crippen molar-refractivity contribution in [1.29, 1.82) is 0 Å². The van der Waals surface area contributed by atoms with Gasteiger partial charge in [0.15, 0.2) is 0 Å². The van der Waals surface area contributed by atoms with Crippen molar-refractivity contribution >= 4 is 0 Å². The number of aliphatic hydroxyl groups is 1. The van der Waals surface area contributed by atoms with Crippen LogP contribution in [0.25, 0.3) is 11.4 Å². The molecule has 1 heterocycles. The molecule has 0 radical (unpaired) electrons. The summed E-state index contributed by atoms with van der Waals surface area (Å²) in [6, 6.07) is 5.37. The van der Waals surface area contributed by atoms with E-state index in [1.165, 1.54) is 0 Å². The molecule has 21 heavy (non-hydrogen) atoms. The maximum Gasteiger partial charge on any atom is 0.229 e. The molecule has 1 aromatic heterocycles. The summed E-state index contributed by atoms with van der Waals surface area (Å²) in [6.45, 7) is 3.88. The summed E-state index contributed by atoms with van der Waals surface area (Å²) in [6.07, 6.45) is -0.167. The first-order valence-corrected chi connectivity index (χ1v) is 6.78. The van der Waals surface area contributed by atoms with Crippen LogP contribution in [0.4, 0.5) is 0 Å². The first-order chi connectivity index (χ1) is 10.0. The van der Waals surface area contributed by atoms with E-state index >= 15 is 0 Å². The van der Waals surface area contributed by atoms with E-state index in [0.29, 0.717) is 35.2 Å². The van der Waals surface area contributed by atoms with Crippen LogP contribution in [0.1, 0.15) is 19.7 Å². The second-order valence-electron chi connectivity index (χ2n) is 5.09. The highest BCUT2D eigenvalue weighted by Gasteiger charge is 2.18. The monoisotopic (exact) mass is 292 g/mol. The largest absolute Gasteiger partial charge is 0.497 e. The van der Waals surface area contributed by atoms with Gasteiger partial charge in [-0.1, -0.05) is 19.0 Å². The number of aromatic nitrogens is 2.